The van der Waals surface area contributed by atoms with Crippen LogP contribution in [0.5, 0.6) is 11.5 Å². The largest absolute Gasteiger partial charge is 0.454 e. The molecule has 3 atom stereocenters. The van der Waals surface area contributed by atoms with E-state index in [1.54, 1.807) is 8.61 Å². The summed E-state index contributed by atoms with van der Waals surface area (Å²) in [7, 11) is -3.58. The van der Waals surface area contributed by atoms with Crippen molar-refractivity contribution < 1.29 is 22.6 Å². The molecule has 0 amide bonds. The van der Waals surface area contributed by atoms with Gasteiger partial charge in [0.05, 0.1) is 13.2 Å². The van der Waals surface area contributed by atoms with E-state index in [0.717, 1.165) is 24.8 Å². The maximum Gasteiger partial charge on any atom is 0.282 e. The lowest BCUT2D eigenvalue weighted by molar-refractivity contribution is 0.0648. The molecule has 2 aliphatic heterocycles. The molecule has 1 aromatic carbocycles. The first-order valence-corrected chi connectivity index (χ1v) is 11.6. The second-order valence-corrected chi connectivity index (χ2v) is 9.97. The molecule has 0 spiro atoms. The standard InChI is InChI=1S/C20H30N2O5S/c1-15-4-3-5-18(16(15)2)22(28(23,24)21-8-10-25-11-9-21)13-17-6-7-19-20(12-17)27-14-26-19/h6-7,12,15-16,18H,3-5,8-11,13-14H2,1-2H3. The lowest BCUT2D eigenvalue weighted by Gasteiger charge is -2.43. The topological polar surface area (TPSA) is 68.3 Å². The van der Waals surface area contributed by atoms with Gasteiger partial charge >= 0.3 is 0 Å². The zero-order valence-corrected chi connectivity index (χ0v) is 17.5. The highest BCUT2D eigenvalue weighted by Crippen LogP contribution is 2.37. The Morgan fingerprint density at radius 3 is 2.64 bits per heavy atom. The zero-order chi connectivity index (χ0) is 19.7. The highest BCUT2D eigenvalue weighted by atomic mass is 32.2. The van der Waals surface area contributed by atoms with Crippen LogP contribution in [0.15, 0.2) is 18.2 Å². The molecule has 1 aromatic rings. The summed E-state index contributed by atoms with van der Waals surface area (Å²) in [6.45, 7) is 6.71. The second-order valence-electron chi connectivity index (χ2n) is 8.09. The Hall–Kier alpha value is -1.35. The van der Waals surface area contributed by atoms with Gasteiger partial charge in [-0.15, -0.1) is 0 Å². The summed E-state index contributed by atoms with van der Waals surface area (Å²) in [6, 6.07) is 5.71. The van der Waals surface area contributed by atoms with E-state index in [-0.39, 0.29) is 12.8 Å². The number of ether oxygens (including phenoxy) is 3. The van der Waals surface area contributed by atoms with Crippen LogP contribution >= 0.6 is 0 Å². The molecule has 8 heteroatoms. The fourth-order valence-corrected chi connectivity index (χ4v) is 6.33. The monoisotopic (exact) mass is 410 g/mol. The molecule has 0 N–H and O–H groups in total. The van der Waals surface area contributed by atoms with Gasteiger partial charge in [-0.3, -0.25) is 0 Å². The summed E-state index contributed by atoms with van der Waals surface area (Å²) in [5.41, 5.74) is 0.923. The number of benzene rings is 1. The van der Waals surface area contributed by atoms with Gasteiger partial charge in [-0.2, -0.15) is 17.0 Å². The molecule has 28 heavy (non-hydrogen) atoms. The van der Waals surface area contributed by atoms with Crippen LogP contribution in [0, 0.1) is 11.8 Å². The maximum atomic E-state index is 13.6. The van der Waals surface area contributed by atoms with Crippen molar-refractivity contribution in [2.24, 2.45) is 11.8 Å². The minimum Gasteiger partial charge on any atom is -0.454 e. The van der Waals surface area contributed by atoms with E-state index in [1.807, 2.05) is 18.2 Å². The van der Waals surface area contributed by atoms with E-state index in [2.05, 4.69) is 13.8 Å². The van der Waals surface area contributed by atoms with Crippen molar-refractivity contribution >= 4 is 10.2 Å². The van der Waals surface area contributed by atoms with Crippen LogP contribution in [-0.2, 0) is 21.5 Å². The molecule has 2 heterocycles. The quantitative estimate of drug-likeness (QED) is 0.746. The smallest absolute Gasteiger partial charge is 0.282 e. The highest BCUT2D eigenvalue weighted by Gasteiger charge is 2.40. The van der Waals surface area contributed by atoms with Gasteiger partial charge in [0.25, 0.3) is 10.2 Å². The van der Waals surface area contributed by atoms with Gasteiger partial charge in [-0.25, -0.2) is 0 Å². The molecule has 1 saturated carbocycles. The van der Waals surface area contributed by atoms with Gasteiger partial charge in [0.2, 0.25) is 6.79 Å². The lowest BCUT2D eigenvalue weighted by Crippen LogP contribution is -2.54. The molecule has 3 aliphatic rings. The van der Waals surface area contributed by atoms with Gasteiger partial charge in [0, 0.05) is 25.7 Å². The minimum absolute atomic E-state index is 0.00187. The number of morpholine rings is 1. The Kier molecular flexibility index (Phi) is 5.83. The van der Waals surface area contributed by atoms with E-state index in [4.69, 9.17) is 14.2 Å². The summed E-state index contributed by atoms with van der Waals surface area (Å²) in [4.78, 5) is 0. The van der Waals surface area contributed by atoms with Gasteiger partial charge in [-0.05, 0) is 36.0 Å². The molecular weight excluding hydrogens is 380 g/mol. The van der Waals surface area contributed by atoms with Gasteiger partial charge in [0.15, 0.2) is 11.5 Å². The first-order chi connectivity index (χ1) is 13.5. The van der Waals surface area contributed by atoms with Gasteiger partial charge in [-0.1, -0.05) is 32.8 Å². The number of fused-ring (bicyclic) bond motifs is 1. The van der Waals surface area contributed by atoms with Crippen molar-refractivity contribution in [3.8, 4) is 11.5 Å². The minimum atomic E-state index is -3.58. The molecule has 3 unspecified atom stereocenters. The number of hydrogen-bond donors (Lipinski definition) is 0. The summed E-state index contributed by atoms with van der Waals surface area (Å²) in [5, 5.41) is 0. The van der Waals surface area contributed by atoms with Crippen LogP contribution in [0.4, 0.5) is 0 Å². The lowest BCUT2D eigenvalue weighted by atomic mass is 9.78. The maximum absolute atomic E-state index is 13.6. The molecule has 1 aliphatic carbocycles. The number of hydrogen-bond acceptors (Lipinski definition) is 5. The fourth-order valence-electron chi connectivity index (χ4n) is 4.48. The van der Waals surface area contributed by atoms with Crippen LogP contribution in [0.2, 0.25) is 0 Å². The summed E-state index contributed by atoms with van der Waals surface area (Å²) < 4.78 is 46.8. The average Bonchev–Trinajstić information content (AvgIpc) is 3.17. The van der Waals surface area contributed by atoms with Crippen molar-refractivity contribution in [2.75, 3.05) is 33.1 Å². The van der Waals surface area contributed by atoms with Crippen molar-refractivity contribution in [1.82, 2.24) is 8.61 Å². The molecule has 1 saturated heterocycles. The number of rotatable bonds is 5. The third-order valence-corrected chi connectivity index (χ3v) is 8.41. The van der Waals surface area contributed by atoms with Crippen LogP contribution in [-0.4, -0.2) is 56.2 Å². The van der Waals surface area contributed by atoms with Crippen LogP contribution in [0.25, 0.3) is 0 Å². The molecule has 7 nitrogen and oxygen atoms in total. The van der Waals surface area contributed by atoms with E-state index in [1.165, 1.54) is 0 Å². The predicted octanol–water partition coefficient (Wildman–Crippen LogP) is 2.62. The third kappa shape index (κ3) is 3.87. The van der Waals surface area contributed by atoms with Gasteiger partial charge in [0.1, 0.15) is 0 Å². The van der Waals surface area contributed by atoms with Crippen molar-refractivity contribution in [1.29, 1.82) is 0 Å². The number of nitrogens with zero attached hydrogens (tertiary/aromatic N) is 2. The molecule has 156 valence electrons. The Balaban J connectivity index is 1.64. The summed E-state index contributed by atoms with van der Waals surface area (Å²) in [5.74, 6) is 2.23. The molecular formula is C20H30N2O5S. The normalized spacial score (nSPS) is 28.6. The first-order valence-electron chi connectivity index (χ1n) is 10.2. The van der Waals surface area contributed by atoms with Crippen molar-refractivity contribution in [3.63, 3.8) is 0 Å². The Bertz CT molecular complexity index is 794. The highest BCUT2D eigenvalue weighted by molar-refractivity contribution is 7.86. The summed E-state index contributed by atoms with van der Waals surface area (Å²) >= 11 is 0. The molecule has 0 bridgehead atoms. The van der Waals surface area contributed by atoms with Crippen molar-refractivity contribution in [3.05, 3.63) is 23.8 Å². The first kappa shape index (κ1) is 19.9. The Morgan fingerprint density at radius 2 is 1.86 bits per heavy atom. The second kappa shape index (κ2) is 8.18. The van der Waals surface area contributed by atoms with Crippen LogP contribution in [0.3, 0.4) is 0 Å². The SMILES string of the molecule is CC1CCCC(N(Cc2ccc3c(c2)OCO3)S(=O)(=O)N2CCOCC2)C1C. The molecule has 2 fully saturated rings. The fraction of sp³-hybridized carbons (Fsp3) is 0.700. The Labute approximate surface area is 167 Å². The molecule has 4 rings (SSSR count). The van der Waals surface area contributed by atoms with Crippen LogP contribution in [0.1, 0.15) is 38.7 Å². The molecule has 0 aromatic heterocycles. The van der Waals surface area contributed by atoms with E-state index in [0.29, 0.717) is 56.2 Å². The van der Waals surface area contributed by atoms with E-state index < -0.39 is 10.2 Å². The molecule has 0 radical (unpaired) electrons. The van der Waals surface area contributed by atoms with Crippen LogP contribution < -0.4 is 9.47 Å². The summed E-state index contributed by atoms with van der Waals surface area (Å²) in [6.07, 6.45) is 3.12. The Morgan fingerprint density at radius 1 is 1.11 bits per heavy atom. The van der Waals surface area contributed by atoms with Crippen molar-refractivity contribution in [2.45, 2.75) is 45.7 Å². The third-order valence-electron chi connectivity index (χ3n) is 6.40. The van der Waals surface area contributed by atoms with E-state index in [9.17, 15) is 8.42 Å². The van der Waals surface area contributed by atoms with Gasteiger partial charge < -0.3 is 14.2 Å². The predicted molar refractivity (Wildman–Crippen MR) is 105 cm³/mol. The average molecular weight is 411 g/mol. The zero-order valence-electron chi connectivity index (χ0n) is 16.7. The van der Waals surface area contributed by atoms with E-state index >= 15 is 0 Å².